The van der Waals surface area contributed by atoms with E-state index in [1.165, 1.54) is 13.0 Å². The molecule has 6 nitrogen and oxygen atoms in total. The number of hydrogen-bond donors (Lipinski definition) is 2. The van der Waals surface area contributed by atoms with Crippen molar-refractivity contribution in [1.29, 1.82) is 0 Å². The Kier molecular flexibility index (Phi) is 6.99. The van der Waals surface area contributed by atoms with Crippen LogP contribution >= 0.6 is 0 Å². The largest absolute Gasteiger partial charge is 0.449 e. The molecule has 0 aliphatic heterocycles. The highest BCUT2D eigenvalue weighted by molar-refractivity contribution is 5.98. The van der Waals surface area contributed by atoms with Crippen LogP contribution in [-0.2, 0) is 14.3 Å². The van der Waals surface area contributed by atoms with E-state index >= 15 is 0 Å². The van der Waals surface area contributed by atoms with E-state index in [1.54, 1.807) is 19.9 Å². The minimum absolute atomic E-state index is 0.0994. The standard InChI is InChI=1S/C17H22N2O4/c1-11(2)18-17(22)19-16(21)13(4)23-15(20)10-9-14-8-6-5-7-12(14)3/h5-11,13H,1-4H3,(H2,18,19,21,22)/b10-9+/t13-/m1/s1. The highest BCUT2D eigenvalue weighted by Crippen LogP contribution is 2.09. The average Bonchev–Trinajstić information content (AvgIpc) is 2.45. The summed E-state index contributed by atoms with van der Waals surface area (Å²) in [5, 5.41) is 4.62. The highest BCUT2D eigenvalue weighted by atomic mass is 16.5. The molecule has 0 radical (unpaired) electrons. The van der Waals surface area contributed by atoms with E-state index in [9.17, 15) is 14.4 Å². The molecule has 3 amide bonds. The van der Waals surface area contributed by atoms with Crippen molar-refractivity contribution in [2.75, 3.05) is 0 Å². The predicted octanol–water partition coefficient (Wildman–Crippen LogP) is 2.17. The first kappa shape index (κ1) is 18.4. The van der Waals surface area contributed by atoms with Crippen LogP contribution in [0, 0.1) is 6.92 Å². The normalized spacial score (nSPS) is 12.0. The SMILES string of the molecule is Cc1ccccc1/C=C/C(=O)O[C@H](C)C(=O)NC(=O)NC(C)C. The summed E-state index contributed by atoms with van der Waals surface area (Å²) in [6.07, 6.45) is 1.80. The van der Waals surface area contributed by atoms with Crippen molar-refractivity contribution >= 4 is 24.0 Å². The van der Waals surface area contributed by atoms with Gasteiger partial charge >= 0.3 is 12.0 Å². The molecule has 0 bridgehead atoms. The van der Waals surface area contributed by atoms with Crippen molar-refractivity contribution in [3.8, 4) is 0 Å². The van der Waals surface area contributed by atoms with Crippen molar-refractivity contribution in [3.63, 3.8) is 0 Å². The number of amides is 3. The lowest BCUT2D eigenvalue weighted by molar-refractivity contribution is -0.149. The molecule has 1 atom stereocenters. The van der Waals surface area contributed by atoms with Gasteiger partial charge in [0.05, 0.1) is 0 Å². The van der Waals surface area contributed by atoms with Gasteiger partial charge in [-0.3, -0.25) is 10.1 Å². The Labute approximate surface area is 135 Å². The Morgan fingerprint density at radius 1 is 1.13 bits per heavy atom. The van der Waals surface area contributed by atoms with Gasteiger partial charge < -0.3 is 10.1 Å². The van der Waals surface area contributed by atoms with Gasteiger partial charge in [-0.05, 0) is 44.9 Å². The molecule has 6 heteroatoms. The van der Waals surface area contributed by atoms with Crippen molar-refractivity contribution in [3.05, 3.63) is 41.5 Å². The summed E-state index contributed by atoms with van der Waals surface area (Å²) in [6, 6.07) is 6.84. The first-order valence-corrected chi connectivity index (χ1v) is 7.35. The van der Waals surface area contributed by atoms with Crippen LogP contribution in [0.5, 0.6) is 0 Å². The smallest absolute Gasteiger partial charge is 0.331 e. The van der Waals surface area contributed by atoms with Crippen LogP contribution in [0.1, 0.15) is 31.9 Å². The zero-order chi connectivity index (χ0) is 17.4. The maximum absolute atomic E-state index is 11.7. The third-order valence-electron chi connectivity index (χ3n) is 2.91. The Bertz CT molecular complexity index is 608. The van der Waals surface area contributed by atoms with Gasteiger partial charge in [0.25, 0.3) is 5.91 Å². The quantitative estimate of drug-likeness (QED) is 0.644. The Morgan fingerprint density at radius 2 is 1.78 bits per heavy atom. The van der Waals surface area contributed by atoms with Gasteiger partial charge in [-0.1, -0.05) is 24.3 Å². The van der Waals surface area contributed by atoms with Gasteiger partial charge in [-0.25, -0.2) is 9.59 Å². The summed E-state index contributed by atoms with van der Waals surface area (Å²) in [5.41, 5.74) is 1.91. The van der Waals surface area contributed by atoms with Crippen LogP contribution in [0.4, 0.5) is 4.79 Å². The summed E-state index contributed by atoms with van der Waals surface area (Å²) in [7, 11) is 0. The van der Waals surface area contributed by atoms with E-state index < -0.39 is 24.0 Å². The average molecular weight is 318 g/mol. The van der Waals surface area contributed by atoms with Crippen LogP contribution in [0.25, 0.3) is 6.08 Å². The topological polar surface area (TPSA) is 84.5 Å². The number of rotatable bonds is 5. The minimum Gasteiger partial charge on any atom is -0.449 e. The van der Waals surface area contributed by atoms with Crippen LogP contribution in [-0.4, -0.2) is 30.1 Å². The molecule has 0 saturated heterocycles. The van der Waals surface area contributed by atoms with Crippen molar-refractivity contribution in [1.82, 2.24) is 10.6 Å². The highest BCUT2D eigenvalue weighted by Gasteiger charge is 2.19. The zero-order valence-electron chi connectivity index (χ0n) is 13.8. The van der Waals surface area contributed by atoms with Crippen molar-refractivity contribution in [2.45, 2.75) is 39.8 Å². The number of benzene rings is 1. The van der Waals surface area contributed by atoms with Crippen LogP contribution < -0.4 is 10.6 Å². The molecule has 0 fully saturated rings. The second-order valence-corrected chi connectivity index (χ2v) is 5.39. The molecule has 0 spiro atoms. The molecule has 23 heavy (non-hydrogen) atoms. The molecule has 2 N–H and O–H groups in total. The summed E-state index contributed by atoms with van der Waals surface area (Å²) >= 11 is 0. The van der Waals surface area contributed by atoms with Crippen LogP contribution in [0.3, 0.4) is 0 Å². The first-order valence-electron chi connectivity index (χ1n) is 7.35. The Balaban J connectivity index is 2.51. The molecule has 0 aliphatic rings. The second kappa shape index (κ2) is 8.73. The third-order valence-corrected chi connectivity index (χ3v) is 2.91. The van der Waals surface area contributed by atoms with Gasteiger partial charge in [0, 0.05) is 12.1 Å². The molecule has 0 heterocycles. The fourth-order valence-electron chi connectivity index (χ4n) is 1.71. The lowest BCUT2D eigenvalue weighted by Crippen LogP contribution is -2.46. The van der Waals surface area contributed by atoms with Gasteiger partial charge in [0.2, 0.25) is 0 Å². The van der Waals surface area contributed by atoms with E-state index in [-0.39, 0.29) is 6.04 Å². The van der Waals surface area contributed by atoms with Gasteiger partial charge in [-0.15, -0.1) is 0 Å². The number of urea groups is 1. The summed E-state index contributed by atoms with van der Waals surface area (Å²) in [5.74, 6) is -1.33. The molecule has 0 aliphatic carbocycles. The van der Waals surface area contributed by atoms with E-state index in [2.05, 4.69) is 10.6 Å². The Hall–Kier alpha value is -2.63. The summed E-state index contributed by atoms with van der Waals surface area (Å²) in [4.78, 5) is 34.8. The lowest BCUT2D eigenvalue weighted by atomic mass is 10.1. The Morgan fingerprint density at radius 3 is 2.39 bits per heavy atom. The number of esters is 1. The molecule has 1 aromatic carbocycles. The minimum atomic E-state index is -1.07. The molecular weight excluding hydrogens is 296 g/mol. The van der Waals surface area contributed by atoms with E-state index in [1.807, 2.05) is 31.2 Å². The molecular formula is C17H22N2O4. The molecule has 0 aromatic heterocycles. The first-order chi connectivity index (χ1) is 10.8. The summed E-state index contributed by atoms with van der Waals surface area (Å²) < 4.78 is 4.96. The molecule has 1 rings (SSSR count). The monoisotopic (exact) mass is 318 g/mol. The summed E-state index contributed by atoms with van der Waals surface area (Å²) in [6.45, 7) is 6.86. The number of aryl methyl sites for hydroxylation is 1. The van der Waals surface area contributed by atoms with Crippen molar-refractivity contribution < 1.29 is 19.1 Å². The van der Waals surface area contributed by atoms with E-state index in [0.29, 0.717) is 0 Å². The molecule has 0 unspecified atom stereocenters. The fourth-order valence-corrected chi connectivity index (χ4v) is 1.71. The number of carbonyl (C=O) groups excluding carboxylic acids is 3. The molecule has 124 valence electrons. The number of hydrogen-bond acceptors (Lipinski definition) is 4. The second-order valence-electron chi connectivity index (χ2n) is 5.39. The molecule has 1 aromatic rings. The lowest BCUT2D eigenvalue weighted by Gasteiger charge is -2.13. The fraction of sp³-hybridized carbons (Fsp3) is 0.353. The van der Waals surface area contributed by atoms with E-state index in [4.69, 9.17) is 4.74 Å². The number of nitrogens with one attached hydrogen (secondary N) is 2. The third kappa shape index (κ3) is 6.78. The maximum atomic E-state index is 11.7. The van der Waals surface area contributed by atoms with Gasteiger partial charge in [0.15, 0.2) is 6.10 Å². The number of ether oxygens (including phenoxy) is 1. The van der Waals surface area contributed by atoms with Crippen LogP contribution in [0.15, 0.2) is 30.3 Å². The zero-order valence-corrected chi connectivity index (χ0v) is 13.8. The van der Waals surface area contributed by atoms with Crippen molar-refractivity contribution in [2.24, 2.45) is 0 Å². The van der Waals surface area contributed by atoms with Gasteiger partial charge in [0.1, 0.15) is 0 Å². The maximum Gasteiger partial charge on any atom is 0.331 e. The van der Waals surface area contributed by atoms with E-state index in [0.717, 1.165) is 11.1 Å². The predicted molar refractivity (Wildman–Crippen MR) is 87.6 cm³/mol. The molecule has 0 saturated carbocycles. The number of imide groups is 1. The number of carbonyl (C=O) groups is 3. The van der Waals surface area contributed by atoms with Crippen LogP contribution in [0.2, 0.25) is 0 Å². The van der Waals surface area contributed by atoms with Gasteiger partial charge in [-0.2, -0.15) is 0 Å².